The molecule has 0 saturated carbocycles. The summed E-state index contributed by atoms with van der Waals surface area (Å²) in [6.45, 7) is 11.7. The second-order valence-corrected chi connectivity index (χ2v) is 8.42. The van der Waals surface area contributed by atoms with Gasteiger partial charge >= 0.3 is 0 Å². The summed E-state index contributed by atoms with van der Waals surface area (Å²) in [7, 11) is -1.03. The third-order valence-corrected chi connectivity index (χ3v) is 6.04. The van der Waals surface area contributed by atoms with Crippen LogP contribution in [0.3, 0.4) is 0 Å². The number of rotatable bonds is 5. The molecule has 98 valence electrons. The molecule has 0 aliphatic carbocycles. The Hall–Kier alpha value is -0.310. The molecule has 0 unspecified atom stereocenters. The third-order valence-electron chi connectivity index (χ3n) is 2.33. The molecule has 0 aromatic rings. The lowest BCUT2D eigenvalue weighted by Gasteiger charge is -2.43. The van der Waals surface area contributed by atoms with Crippen LogP contribution in [0.1, 0.15) is 41.0 Å². The SMILES string of the molecule is CC.CC(C)(C)S(C)(C)OCCCN=C=O. The van der Waals surface area contributed by atoms with E-state index in [2.05, 4.69) is 38.3 Å². The van der Waals surface area contributed by atoms with Crippen LogP contribution in [0.15, 0.2) is 4.99 Å². The zero-order valence-electron chi connectivity index (χ0n) is 11.8. The van der Waals surface area contributed by atoms with E-state index >= 15 is 0 Å². The lowest BCUT2D eigenvalue weighted by molar-refractivity contribution is 0.344. The Bertz CT molecular complexity index is 216. The molecule has 0 N–H and O–H groups in total. The zero-order valence-corrected chi connectivity index (χ0v) is 12.6. The average Bonchev–Trinajstić information content (AvgIpc) is 2.19. The van der Waals surface area contributed by atoms with Crippen molar-refractivity contribution in [2.45, 2.75) is 45.8 Å². The van der Waals surface area contributed by atoms with Gasteiger partial charge in [0.15, 0.2) is 0 Å². The van der Waals surface area contributed by atoms with E-state index in [0.29, 0.717) is 13.2 Å². The van der Waals surface area contributed by atoms with Gasteiger partial charge in [-0.1, -0.05) is 34.6 Å². The highest BCUT2D eigenvalue weighted by molar-refractivity contribution is 8.29. The summed E-state index contributed by atoms with van der Waals surface area (Å²) in [5.41, 5.74) is 0. The first-order chi connectivity index (χ1) is 7.31. The number of aliphatic imine (C=N–C) groups is 1. The summed E-state index contributed by atoms with van der Waals surface area (Å²) in [6.07, 6.45) is 6.64. The predicted molar refractivity (Wildman–Crippen MR) is 74.1 cm³/mol. The molecular weight excluding hydrogens is 222 g/mol. The topological polar surface area (TPSA) is 38.7 Å². The minimum Gasteiger partial charge on any atom is -0.337 e. The fourth-order valence-electron chi connectivity index (χ4n) is 0.633. The van der Waals surface area contributed by atoms with Crippen molar-refractivity contribution in [3.05, 3.63) is 0 Å². The standard InChI is InChI=1S/C10H21NO2S.C2H6/c1-10(2,3)14(4,5)13-8-6-7-11-9-12;1-2/h6-8H2,1-5H3;1-2H3. The van der Waals surface area contributed by atoms with Crippen LogP contribution >= 0.6 is 10.3 Å². The van der Waals surface area contributed by atoms with Gasteiger partial charge in [0.2, 0.25) is 6.08 Å². The largest absolute Gasteiger partial charge is 0.337 e. The molecule has 0 spiro atoms. The number of hydrogen-bond acceptors (Lipinski definition) is 3. The van der Waals surface area contributed by atoms with Crippen LogP contribution in [0.2, 0.25) is 0 Å². The quantitative estimate of drug-likeness (QED) is 0.425. The van der Waals surface area contributed by atoms with Gasteiger partial charge in [0.05, 0.1) is 13.2 Å². The molecule has 0 bridgehead atoms. The molecule has 0 saturated heterocycles. The predicted octanol–water partition coefficient (Wildman–Crippen LogP) is 3.53. The molecule has 0 rings (SSSR count). The van der Waals surface area contributed by atoms with Gasteiger partial charge in [-0.3, -0.25) is 0 Å². The second kappa shape index (κ2) is 8.80. The normalized spacial score (nSPS) is 12.2. The first kappa shape index (κ1) is 18.1. The Balaban J connectivity index is 0. The Morgan fingerprint density at radius 2 is 1.75 bits per heavy atom. The van der Waals surface area contributed by atoms with E-state index in [1.165, 1.54) is 6.08 Å². The highest BCUT2D eigenvalue weighted by Gasteiger charge is 2.28. The molecule has 0 radical (unpaired) electrons. The Morgan fingerprint density at radius 1 is 1.25 bits per heavy atom. The number of carbonyl (C=O) groups excluding carboxylic acids is 1. The maximum atomic E-state index is 9.80. The van der Waals surface area contributed by atoms with Crippen LogP contribution < -0.4 is 0 Å². The molecule has 0 heterocycles. The lowest BCUT2D eigenvalue weighted by Crippen LogP contribution is -2.25. The first-order valence-corrected chi connectivity index (χ1v) is 8.09. The Labute approximate surface area is 102 Å². The molecule has 0 amide bonds. The summed E-state index contributed by atoms with van der Waals surface area (Å²) >= 11 is 0. The molecule has 0 aromatic carbocycles. The molecule has 4 heteroatoms. The molecule has 0 aliphatic heterocycles. The zero-order chi connectivity index (χ0) is 13.2. The van der Waals surface area contributed by atoms with Crippen molar-refractivity contribution in [2.75, 3.05) is 25.7 Å². The van der Waals surface area contributed by atoms with Crippen LogP contribution in [-0.4, -0.2) is 36.5 Å². The van der Waals surface area contributed by atoms with Crippen molar-refractivity contribution in [1.82, 2.24) is 0 Å². The minimum atomic E-state index is -1.03. The monoisotopic (exact) mass is 249 g/mol. The van der Waals surface area contributed by atoms with Gasteiger partial charge in [0.25, 0.3) is 0 Å². The second-order valence-electron chi connectivity index (χ2n) is 4.49. The van der Waals surface area contributed by atoms with Gasteiger partial charge in [0.1, 0.15) is 0 Å². The molecule has 3 nitrogen and oxygen atoms in total. The van der Waals surface area contributed by atoms with Crippen LogP contribution in [0.4, 0.5) is 0 Å². The van der Waals surface area contributed by atoms with E-state index in [9.17, 15) is 4.79 Å². The number of isocyanates is 1. The van der Waals surface area contributed by atoms with Gasteiger partial charge in [-0.05, 0) is 18.9 Å². The number of nitrogens with zero attached hydrogens (tertiary/aromatic N) is 1. The van der Waals surface area contributed by atoms with Crippen molar-refractivity contribution in [3.63, 3.8) is 0 Å². The van der Waals surface area contributed by atoms with E-state index < -0.39 is 10.3 Å². The Morgan fingerprint density at radius 3 is 2.12 bits per heavy atom. The van der Waals surface area contributed by atoms with Crippen LogP contribution in [-0.2, 0) is 8.98 Å². The average molecular weight is 249 g/mol. The van der Waals surface area contributed by atoms with E-state index in [0.717, 1.165) is 6.42 Å². The van der Waals surface area contributed by atoms with Gasteiger partial charge in [-0.2, -0.15) is 0 Å². The fraction of sp³-hybridized carbons (Fsp3) is 0.917. The van der Waals surface area contributed by atoms with E-state index in [1.54, 1.807) is 0 Å². The van der Waals surface area contributed by atoms with Gasteiger partial charge in [0, 0.05) is 4.75 Å². The molecule has 0 atom stereocenters. The van der Waals surface area contributed by atoms with Crippen LogP contribution in [0, 0.1) is 0 Å². The Kier molecular flexibility index (Phi) is 9.93. The maximum Gasteiger partial charge on any atom is 0.234 e. The first-order valence-electron chi connectivity index (χ1n) is 5.72. The number of hydrogen-bond donors (Lipinski definition) is 0. The molecule has 16 heavy (non-hydrogen) atoms. The van der Waals surface area contributed by atoms with E-state index in [1.807, 2.05) is 13.8 Å². The smallest absolute Gasteiger partial charge is 0.234 e. The van der Waals surface area contributed by atoms with Gasteiger partial charge in [-0.15, -0.1) is 10.3 Å². The third kappa shape index (κ3) is 7.91. The lowest BCUT2D eigenvalue weighted by atomic mass is 10.3. The van der Waals surface area contributed by atoms with Crippen LogP contribution in [0.5, 0.6) is 0 Å². The van der Waals surface area contributed by atoms with Crippen LogP contribution in [0.25, 0.3) is 0 Å². The summed E-state index contributed by atoms with van der Waals surface area (Å²) in [4.78, 5) is 13.3. The summed E-state index contributed by atoms with van der Waals surface area (Å²) in [5, 5.41) is 0. The van der Waals surface area contributed by atoms with Crippen molar-refractivity contribution in [2.24, 2.45) is 4.99 Å². The van der Waals surface area contributed by atoms with E-state index in [4.69, 9.17) is 4.18 Å². The van der Waals surface area contributed by atoms with Crippen molar-refractivity contribution >= 4 is 16.4 Å². The molecular formula is C12H27NO2S. The van der Waals surface area contributed by atoms with Crippen molar-refractivity contribution in [3.8, 4) is 0 Å². The summed E-state index contributed by atoms with van der Waals surface area (Å²) in [5.74, 6) is 0. The minimum absolute atomic E-state index is 0.195. The highest BCUT2D eigenvalue weighted by Crippen LogP contribution is 2.53. The molecule has 0 fully saturated rings. The fourth-order valence-corrected chi connectivity index (χ4v) is 1.52. The summed E-state index contributed by atoms with van der Waals surface area (Å²) in [6, 6.07) is 0. The maximum absolute atomic E-state index is 9.80. The highest BCUT2D eigenvalue weighted by atomic mass is 32.3. The molecule has 0 aliphatic rings. The summed E-state index contributed by atoms with van der Waals surface area (Å²) < 4.78 is 6.03. The van der Waals surface area contributed by atoms with Crippen molar-refractivity contribution < 1.29 is 8.98 Å². The van der Waals surface area contributed by atoms with E-state index in [-0.39, 0.29) is 4.75 Å². The van der Waals surface area contributed by atoms with Crippen molar-refractivity contribution in [1.29, 1.82) is 0 Å². The van der Waals surface area contributed by atoms with Gasteiger partial charge in [-0.25, -0.2) is 9.79 Å². The van der Waals surface area contributed by atoms with Gasteiger partial charge < -0.3 is 4.18 Å². The molecule has 0 aromatic heterocycles.